The van der Waals surface area contributed by atoms with Crippen molar-refractivity contribution in [3.63, 3.8) is 0 Å². The van der Waals surface area contributed by atoms with Crippen LogP contribution in [-0.4, -0.2) is 40.6 Å². The minimum Gasteiger partial charge on any atom is -0.324 e. The molecule has 7 heteroatoms. The van der Waals surface area contributed by atoms with Gasteiger partial charge in [0.15, 0.2) is 0 Å². The van der Waals surface area contributed by atoms with E-state index in [9.17, 15) is 4.57 Å². The highest BCUT2D eigenvalue weighted by Gasteiger charge is 2.28. The second-order valence-electron chi connectivity index (χ2n) is 3.63. The van der Waals surface area contributed by atoms with E-state index in [1.54, 1.807) is 0 Å². The summed E-state index contributed by atoms with van der Waals surface area (Å²) in [6.45, 7) is 1.35. The Bertz CT molecular complexity index is 220. The van der Waals surface area contributed by atoms with Crippen LogP contribution in [-0.2, 0) is 4.57 Å². The van der Waals surface area contributed by atoms with E-state index in [2.05, 4.69) is 11.0 Å². The zero-order chi connectivity index (χ0) is 10.6. The number of rotatable bonds is 1. The number of hydrogen-bond donors (Lipinski definition) is 4. The first-order valence-corrected chi connectivity index (χ1v) is 6.43. The van der Waals surface area contributed by atoms with Gasteiger partial charge in [-0.25, -0.2) is 10.4 Å². The summed E-state index contributed by atoms with van der Waals surface area (Å²) < 4.78 is 11.1. The van der Waals surface area contributed by atoms with E-state index in [-0.39, 0.29) is 0 Å². The summed E-state index contributed by atoms with van der Waals surface area (Å²) in [6.07, 6.45) is 1.88. The molecular weight excluding hydrogens is 205 g/mol. The third-order valence-electron chi connectivity index (χ3n) is 2.38. The Morgan fingerprint density at radius 2 is 2.14 bits per heavy atom. The monoisotopic (exact) mass is 223 g/mol. The fourth-order valence-electron chi connectivity index (χ4n) is 1.53. The Morgan fingerprint density at radius 3 is 2.79 bits per heavy atom. The molecule has 0 aromatic carbocycles. The standard InChI is InChI=1S/C7H18N3O3P/c1-10-6-2-3-7(14(11,12)13)4-5-8-9-10/h7-9H,2-6H2,1H3,(H2,11,12,13). The molecule has 84 valence electrons. The molecule has 1 atom stereocenters. The molecule has 1 aliphatic rings. The largest absolute Gasteiger partial charge is 0.328 e. The minimum absolute atomic E-state index is 0.497. The molecule has 0 spiro atoms. The first-order chi connectivity index (χ1) is 6.50. The lowest BCUT2D eigenvalue weighted by atomic mass is 10.2. The molecular formula is C7H18N3O3P. The molecule has 0 radical (unpaired) electrons. The van der Waals surface area contributed by atoms with Crippen molar-refractivity contribution in [2.45, 2.75) is 24.9 Å². The molecule has 0 amide bonds. The van der Waals surface area contributed by atoms with Crippen LogP contribution in [0.2, 0.25) is 0 Å². The van der Waals surface area contributed by atoms with Gasteiger partial charge in [0, 0.05) is 20.1 Å². The summed E-state index contributed by atoms with van der Waals surface area (Å²) in [6, 6.07) is 0. The number of nitrogens with one attached hydrogen (secondary N) is 2. The summed E-state index contributed by atoms with van der Waals surface area (Å²) in [7, 11) is -2.02. The van der Waals surface area contributed by atoms with Crippen LogP contribution in [0.1, 0.15) is 19.3 Å². The minimum atomic E-state index is -3.91. The topological polar surface area (TPSA) is 84.8 Å². The van der Waals surface area contributed by atoms with Gasteiger partial charge in [0.05, 0.1) is 5.66 Å². The van der Waals surface area contributed by atoms with Crippen LogP contribution in [0.5, 0.6) is 0 Å². The molecule has 1 heterocycles. The number of hydrazine groups is 2. The van der Waals surface area contributed by atoms with Crippen molar-refractivity contribution in [3.05, 3.63) is 0 Å². The Morgan fingerprint density at radius 1 is 1.43 bits per heavy atom. The van der Waals surface area contributed by atoms with Crippen molar-refractivity contribution < 1.29 is 14.4 Å². The van der Waals surface area contributed by atoms with E-state index in [4.69, 9.17) is 9.79 Å². The normalized spacial score (nSPS) is 27.8. The molecule has 1 unspecified atom stereocenters. The zero-order valence-electron chi connectivity index (χ0n) is 8.31. The molecule has 4 N–H and O–H groups in total. The summed E-state index contributed by atoms with van der Waals surface area (Å²) in [4.78, 5) is 18.1. The quantitative estimate of drug-likeness (QED) is 0.455. The SMILES string of the molecule is CN1CCCC(P(=O)(O)O)CCNN1. The van der Waals surface area contributed by atoms with Gasteiger partial charge >= 0.3 is 7.60 Å². The van der Waals surface area contributed by atoms with Crippen LogP contribution in [0.3, 0.4) is 0 Å². The lowest BCUT2D eigenvalue weighted by molar-refractivity contribution is 0.195. The van der Waals surface area contributed by atoms with E-state index in [1.807, 2.05) is 12.1 Å². The molecule has 6 nitrogen and oxygen atoms in total. The molecule has 1 saturated heterocycles. The van der Waals surface area contributed by atoms with Crippen LogP contribution in [0.25, 0.3) is 0 Å². The van der Waals surface area contributed by atoms with Crippen LogP contribution < -0.4 is 11.0 Å². The van der Waals surface area contributed by atoms with Crippen molar-refractivity contribution in [2.75, 3.05) is 20.1 Å². The molecule has 0 saturated carbocycles. The van der Waals surface area contributed by atoms with Crippen LogP contribution in [0.15, 0.2) is 0 Å². The second kappa shape index (κ2) is 5.21. The van der Waals surface area contributed by atoms with Crippen LogP contribution in [0.4, 0.5) is 0 Å². The molecule has 0 aromatic heterocycles. The second-order valence-corrected chi connectivity index (χ2v) is 5.54. The van der Waals surface area contributed by atoms with Gasteiger partial charge in [0.2, 0.25) is 0 Å². The maximum Gasteiger partial charge on any atom is 0.328 e. The Labute approximate surface area is 83.8 Å². The predicted octanol–water partition coefficient (Wildman–Crippen LogP) is -0.342. The smallest absolute Gasteiger partial charge is 0.324 e. The lowest BCUT2D eigenvalue weighted by Gasteiger charge is -2.16. The Hall–Kier alpha value is 0.0300. The molecule has 0 aliphatic carbocycles. The van der Waals surface area contributed by atoms with Gasteiger partial charge in [-0.2, -0.15) is 5.53 Å². The average Bonchev–Trinajstić information content (AvgIpc) is 2.15. The Balaban J connectivity index is 2.49. The third kappa shape index (κ3) is 4.04. The van der Waals surface area contributed by atoms with E-state index in [0.717, 1.165) is 13.0 Å². The summed E-state index contributed by atoms with van der Waals surface area (Å²) in [5.74, 6) is 0. The van der Waals surface area contributed by atoms with Crippen molar-refractivity contribution in [1.29, 1.82) is 0 Å². The van der Waals surface area contributed by atoms with Crippen molar-refractivity contribution in [2.24, 2.45) is 0 Å². The lowest BCUT2D eigenvalue weighted by Crippen LogP contribution is -2.44. The van der Waals surface area contributed by atoms with Crippen molar-refractivity contribution >= 4 is 7.60 Å². The van der Waals surface area contributed by atoms with Gasteiger partial charge in [-0.15, -0.1) is 0 Å². The highest BCUT2D eigenvalue weighted by molar-refractivity contribution is 7.52. The molecule has 1 rings (SSSR count). The van der Waals surface area contributed by atoms with Gasteiger partial charge in [-0.05, 0) is 19.3 Å². The first kappa shape index (κ1) is 12.1. The first-order valence-electron chi connectivity index (χ1n) is 4.75. The van der Waals surface area contributed by atoms with Crippen LogP contribution in [0, 0.1) is 0 Å². The zero-order valence-corrected chi connectivity index (χ0v) is 9.20. The highest BCUT2D eigenvalue weighted by Crippen LogP contribution is 2.45. The maximum atomic E-state index is 11.1. The van der Waals surface area contributed by atoms with E-state index in [1.165, 1.54) is 0 Å². The van der Waals surface area contributed by atoms with E-state index in [0.29, 0.717) is 19.4 Å². The number of nitrogens with zero attached hydrogens (tertiary/aromatic N) is 1. The van der Waals surface area contributed by atoms with Gasteiger partial charge < -0.3 is 9.79 Å². The highest BCUT2D eigenvalue weighted by atomic mass is 31.2. The van der Waals surface area contributed by atoms with Crippen molar-refractivity contribution in [1.82, 2.24) is 16.0 Å². The Kier molecular flexibility index (Phi) is 4.50. The van der Waals surface area contributed by atoms with Crippen LogP contribution >= 0.6 is 7.60 Å². The van der Waals surface area contributed by atoms with E-state index < -0.39 is 13.3 Å². The van der Waals surface area contributed by atoms with Crippen molar-refractivity contribution in [3.8, 4) is 0 Å². The fraction of sp³-hybridized carbons (Fsp3) is 1.00. The summed E-state index contributed by atoms with van der Waals surface area (Å²) in [5.41, 5.74) is 5.34. The van der Waals surface area contributed by atoms with E-state index >= 15 is 0 Å². The van der Waals surface area contributed by atoms with Gasteiger partial charge in [-0.1, -0.05) is 0 Å². The fourth-order valence-corrected chi connectivity index (χ4v) is 2.51. The predicted molar refractivity (Wildman–Crippen MR) is 53.5 cm³/mol. The average molecular weight is 223 g/mol. The number of hydrogen-bond acceptors (Lipinski definition) is 4. The summed E-state index contributed by atoms with van der Waals surface area (Å²) >= 11 is 0. The molecule has 0 aromatic rings. The third-order valence-corrected chi connectivity index (χ3v) is 3.85. The molecule has 0 bridgehead atoms. The van der Waals surface area contributed by atoms with Gasteiger partial charge in [0.25, 0.3) is 0 Å². The maximum absolute atomic E-state index is 11.1. The molecule has 14 heavy (non-hydrogen) atoms. The molecule has 1 aliphatic heterocycles. The van der Waals surface area contributed by atoms with Gasteiger partial charge in [0.1, 0.15) is 0 Å². The molecule has 1 fully saturated rings. The van der Waals surface area contributed by atoms with Gasteiger partial charge in [-0.3, -0.25) is 4.57 Å². The summed E-state index contributed by atoms with van der Waals surface area (Å²) in [5, 5.41) is 1.88.